The van der Waals surface area contributed by atoms with Crippen molar-refractivity contribution < 1.29 is 0 Å². The maximum atomic E-state index is 6.37. The Labute approximate surface area is 161 Å². The van der Waals surface area contributed by atoms with Crippen LogP contribution in [0.4, 0.5) is 5.13 Å². The Hall–Kier alpha value is -2.77. The van der Waals surface area contributed by atoms with Crippen LogP contribution in [0.2, 0.25) is 0 Å². The van der Waals surface area contributed by atoms with Crippen molar-refractivity contribution in [1.82, 2.24) is 20.4 Å². The molecule has 2 aromatic heterocycles. The molecule has 0 spiro atoms. The second-order valence-corrected chi connectivity index (χ2v) is 7.71. The average molecular weight is 379 g/mol. The summed E-state index contributed by atoms with van der Waals surface area (Å²) in [6.45, 7) is 4.81. The van der Waals surface area contributed by atoms with E-state index in [1.165, 1.54) is 16.9 Å². The van der Waals surface area contributed by atoms with E-state index in [1.807, 2.05) is 37.3 Å². The molecule has 27 heavy (non-hydrogen) atoms. The van der Waals surface area contributed by atoms with Gasteiger partial charge in [0.05, 0.1) is 5.52 Å². The van der Waals surface area contributed by atoms with Gasteiger partial charge in [-0.2, -0.15) is 5.10 Å². The lowest BCUT2D eigenvalue weighted by atomic mass is 9.94. The van der Waals surface area contributed by atoms with Gasteiger partial charge in [0.1, 0.15) is 5.01 Å². The number of nitrogens with two attached hydrogens (primary N) is 1. The highest BCUT2D eigenvalue weighted by atomic mass is 32.1. The van der Waals surface area contributed by atoms with Crippen LogP contribution in [0.15, 0.2) is 48.5 Å². The Kier molecular flexibility index (Phi) is 4.87. The summed E-state index contributed by atoms with van der Waals surface area (Å²) < 4.78 is 0. The van der Waals surface area contributed by atoms with Gasteiger partial charge in [-0.05, 0) is 36.6 Å². The van der Waals surface area contributed by atoms with E-state index in [0.29, 0.717) is 6.54 Å². The van der Waals surface area contributed by atoms with Crippen LogP contribution in [0, 0.1) is 6.92 Å². The lowest BCUT2D eigenvalue weighted by Crippen LogP contribution is -2.34. The van der Waals surface area contributed by atoms with E-state index in [4.69, 9.17) is 5.73 Å². The highest BCUT2D eigenvalue weighted by Gasteiger charge is 2.16. The highest BCUT2D eigenvalue weighted by molar-refractivity contribution is 7.18. The van der Waals surface area contributed by atoms with E-state index in [1.54, 1.807) is 0 Å². The lowest BCUT2D eigenvalue weighted by molar-refractivity contribution is 0.589. The number of fused-ring (bicyclic) bond motifs is 1. The predicted octanol–water partition coefficient (Wildman–Crippen LogP) is 3.93. The molecule has 0 radical (unpaired) electrons. The Morgan fingerprint density at radius 1 is 1.15 bits per heavy atom. The molecule has 7 heteroatoms. The molecule has 138 valence electrons. The second kappa shape index (κ2) is 7.46. The Morgan fingerprint density at radius 2 is 1.96 bits per heavy atom. The van der Waals surface area contributed by atoms with Crippen LogP contribution in [0.1, 0.15) is 24.1 Å². The van der Waals surface area contributed by atoms with Crippen LogP contribution in [-0.2, 0) is 0 Å². The van der Waals surface area contributed by atoms with Crippen LogP contribution in [-0.4, -0.2) is 33.0 Å². The molecule has 4 rings (SSSR count). The average Bonchev–Trinajstić information content (AvgIpc) is 3.33. The van der Waals surface area contributed by atoms with E-state index in [0.717, 1.165) is 32.3 Å². The van der Waals surface area contributed by atoms with Gasteiger partial charge in [-0.1, -0.05) is 48.6 Å². The number of hydrogen-bond acceptors (Lipinski definition) is 6. The normalized spacial score (nSPS) is 13.6. The SMILES string of the molecule is Cc1[nH]nc2ccc(-c3nnc(NC[C@@H](N)[C@H](C)c4ccccc4)s3)cc12. The van der Waals surface area contributed by atoms with Gasteiger partial charge < -0.3 is 11.1 Å². The maximum absolute atomic E-state index is 6.37. The van der Waals surface area contributed by atoms with Crippen molar-refractivity contribution in [2.75, 3.05) is 11.9 Å². The number of aryl methyl sites for hydroxylation is 1. The standard InChI is InChI=1S/C20H22N6S/c1-12(14-6-4-3-5-7-14)17(21)11-22-20-26-25-19(27-20)15-8-9-18-16(10-15)13(2)23-24-18/h3-10,12,17H,11,21H2,1-2H3,(H,22,26)(H,23,24)/t12-,17-/m1/s1. The molecule has 4 aromatic rings. The van der Waals surface area contributed by atoms with E-state index in [9.17, 15) is 0 Å². The molecule has 4 N–H and O–H groups in total. The van der Waals surface area contributed by atoms with Crippen molar-refractivity contribution in [2.45, 2.75) is 25.8 Å². The summed E-state index contributed by atoms with van der Waals surface area (Å²) in [6, 6.07) is 16.4. The smallest absolute Gasteiger partial charge is 0.206 e. The largest absolute Gasteiger partial charge is 0.358 e. The van der Waals surface area contributed by atoms with Gasteiger partial charge >= 0.3 is 0 Å². The first kappa shape index (κ1) is 17.6. The molecule has 0 aliphatic rings. The van der Waals surface area contributed by atoms with Gasteiger partial charge in [0, 0.05) is 29.2 Å². The molecule has 0 saturated carbocycles. The fourth-order valence-electron chi connectivity index (χ4n) is 3.07. The zero-order valence-corrected chi connectivity index (χ0v) is 16.1. The summed E-state index contributed by atoms with van der Waals surface area (Å²) in [5.41, 5.74) is 10.7. The summed E-state index contributed by atoms with van der Waals surface area (Å²) >= 11 is 1.53. The number of benzene rings is 2. The number of hydrogen-bond donors (Lipinski definition) is 3. The van der Waals surface area contributed by atoms with Crippen molar-refractivity contribution in [3.63, 3.8) is 0 Å². The second-order valence-electron chi connectivity index (χ2n) is 6.74. The van der Waals surface area contributed by atoms with Crippen LogP contribution >= 0.6 is 11.3 Å². The predicted molar refractivity (Wildman–Crippen MR) is 111 cm³/mol. The first-order chi connectivity index (χ1) is 13.1. The minimum absolute atomic E-state index is 0.00956. The lowest BCUT2D eigenvalue weighted by Gasteiger charge is -2.20. The molecule has 0 aliphatic heterocycles. The summed E-state index contributed by atoms with van der Waals surface area (Å²) in [5.74, 6) is 0.262. The summed E-state index contributed by atoms with van der Waals surface area (Å²) in [5, 5.41) is 22.0. The Balaban J connectivity index is 1.44. The summed E-state index contributed by atoms with van der Waals surface area (Å²) in [7, 11) is 0. The molecule has 6 nitrogen and oxygen atoms in total. The third-order valence-electron chi connectivity index (χ3n) is 4.87. The third kappa shape index (κ3) is 3.70. The van der Waals surface area contributed by atoms with Crippen LogP contribution in [0.5, 0.6) is 0 Å². The topological polar surface area (TPSA) is 92.5 Å². The zero-order chi connectivity index (χ0) is 18.8. The molecule has 2 atom stereocenters. The number of nitrogens with one attached hydrogen (secondary N) is 2. The van der Waals surface area contributed by atoms with Crippen LogP contribution < -0.4 is 11.1 Å². The highest BCUT2D eigenvalue weighted by Crippen LogP contribution is 2.29. The third-order valence-corrected chi connectivity index (χ3v) is 5.80. The van der Waals surface area contributed by atoms with Gasteiger partial charge in [0.25, 0.3) is 0 Å². The van der Waals surface area contributed by atoms with Gasteiger partial charge in [-0.15, -0.1) is 10.2 Å². The number of nitrogens with zero attached hydrogens (tertiary/aromatic N) is 3. The van der Waals surface area contributed by atoms with Gasteiger partial charge in [-0.3, -0.25) is 5.10 Å². The number of H-pyrrole nitrogens is 1. The fraction of sp³-hybridized carbons (Fsp3) is 0.250. The van der Waals surface area contributed by atoms with Gasteiger partial charge in [-0.25, -0.2) is 0 Å². The molecular weight excluding hydrogens is 356 g/mol. The van der Waals surface area contributed by atoms with Gasteiger partial charge in [0.15, 0.2) is 0 Å². The molecular formula is C20H22N6S. The number of aromatic amines is 1. The van der Waals surface area contributed by atoms with Crippen molar-refractivity contribution >= 4 is 27.4 Å². The minimum Gasteiger partial charge on any atom is -0.358 e. The molecule has 2 aromatic carbocycles. The van der Waals surface area contributed by atoms with Crippen molar-refractivity contribution in [3.8, 4) is 10.6 Å². The fourth-order valence-corrected chi connectivity index (χ4v) is 3.82. The maximum Gasteiger partial charge on any atom is 0.206 e. The number of rotatable bonds is 6. The molecule has 0 aliphatic carbocycles. The van der Waals surface area contributed by atoms with E-state index >= 15 is 0 Å². The van der Waals surface area contributed by atoms with E-state index < -0.39 is 0 Å². The molecule has 0 bridgehead atoms. The first-order valence-electron chi connectivity index (χ1n) is 8.95. The van der Waals surface area contributed by atoms with E-state index in [2.05, 4.69) is 50.8 Å². The Morgan fingerprint density at radius 3 is 2.78 bits per heavy atom. The van der Waals surface area contributed by atoms with Crippen molar-refractivity contribution in [2.24, 2.45) is 5.73 Å². The Bertz CT molecular complexity index is 1040. The zero-order valence-electron chi connectivity index (χ0n) is 15.3. The molecule has 0 unspecified atom stereocenters. The monoisotopic (exact) mass is 378 g/mol. The van der Waals surface area contributed by atoms with Crippen molar-refractivity contribution in [1.29, 1.82) is 0 Å². The summed E-state index contributed by atoms with van der Waals surface area (Å²) in [4.78, 5) is 0. The van der Waals surface area contributed by atoms with Crippen molar-refractivity contribution in [3.05, 3.63) is 59.8 Å². The number of anilines is 1. The van der Waals surface area contributed by atoms with Crippen LogP contribution in [0.25, 0.3) is 21.5 Å². The van der Waals surface area contributed by atoms with Crippen LogP contribution in [0.3, 0.4) is 0 Å². The molecule has 0 amide bonds. The molecule has 0 fully saturated rings. The number of aromatic nitrogens is 4. The molecule has 2 heterocycles. The van der Waals surface area contributed by atoms with E-state index in [-0.39, 0.29) is 12.0 Å². The minimum atomic E-state index is -0.00956. The molecule has 0 saturated heterocycles. The summed E-state index contributed by atoms with van der Waals surface area (Å²) in [6.07, 6.45) is 0. The first-order valence-corrected chi connectivity index (χ1v) is 9.76. The van der Waals surface area contributed by atoms with Gasteiger partial charge in [0.2, 0.25) is 5.13 Å². The quantitative estimate of drug-likeness (QED) is 0.473.